The molecule has 6 heteroatoms. The van der Waals surface area contributed by atoms with Crippen molar-refractivity contribution in [3.63, 3.8) is 0 Å². The summed E-state index contributed by atoms with van der Waals surface area (Å²) in [6.07, 6.45) is 0. The highest BCUT2D eigenvalue weighted by molar-refractivity contribution is 7.09. The van der Waals surface area contributed by atoms with E-state index in [9.17, 15) is 4.79 Å². The minimum Gasteiger partial charge on any atom is -0.496 e. The Balaban J connectivity index is 2.11. The van der Waals surface area contributed by atoms with Crippen molar-refractivity contribution in [3.8, 4) is 5.75 Å². The van der Waals surface area contributed by atoms with Gasteiger partial charge < -0.3 is 15.8 Å². The van der Waals surface area contributed by atoms with Crippen molar-refractivity contribution in [1.82, 2.24) is 10.3 Å². The Morgan fingerprint density at radius 2 is 2.10 bits per heavy atom. The first-order chi connectivity index (χ1) is 10.0. The van der Waals surface area contributed by atoms with Gasteiger partial charge in [0.05, 0.1) is 19.2 Å². The van der Waals surface area contributed by atoms with E-state index in [-0.39, 0.29) is 18.0 Å². The quantitative estimate of drug-likeness (QED) is 0.890. The van der Waals surface area contributed by atoms with Crippen LogP contribution in [0.2, 0.25) is 0 Å². The molecule has 0 saturated heterocycles. The maximum Gasteiger partial charge on any atom is 0.271 e. The van der Waals surface area contributed by atoms with Crippen LogP contribution in [0.4, 0.5) is 0 Å². The lowest BCUT2D eigenvalue weighted by Gasteiger charge is -2.16. The molecule has 112 valence electrons. The number of benzene rings is 1. The molecule has 0 fully saturated rings. The van der Waals surface area contributed by atoms with E-state index >= 15 is 0 Å². The molecule has 21 heavy (non-hydrogen) atoms. The number of nitrogens with two attached hydrogens (primary N) is 1. The lowest BCUT2D eigenvalue weighted by Crippen LogP contribution is -2.27. The lowest BCUT2D eigenvalue weighted by atomic mass is 10.1. The molecule has 2 unspecified atom stereocenters. The Morgan fingerprint density at radius 1 is 1.38 bits per heavy atom. The molecule has 0 spiro atoms. The van der Waals surface area contributed by atoms with Gasteiger partial charge in [-0.05, 0) is 19.9 Å². The number of hydrogen-bond donors (Lipinski definition) is 2. The van der Waals surface area contributed by atoms with Crippen LogP contribution >= 0.6 is 11.3 Å². The fourth-order valence-corrected chi connectivity index (χ4v) is 2.73. The van der Waals surface area contributed by atoms with Crippen molar-refractivity contribution in [2.45, 2.75) is 25.9 Å². The maximum absolute atomic E-state index is 12.2. The van der Waals surface area contributed by atoms with Crippen molar-refractivity contribution >= 4 is 17.2 Å². The molecule has 1 aromatic heterocycles. The van der Waals surface area contributed by atoms with Crippen molar-refractivity contribution < 1.29 is 9.53 Å². The summed E-state index contributed by atoms with van der Waals surface area (Å²) in [6.45, 7) is 3.76. The van der Waals surface area contributed by atoms with Crippen LogP contribution in [0, 0.1) is 0 Å². The molecular formula is C15H19N3O2S. The minimum atomic E-state index is -0.212. The van der Waals surface area contributed by atoms with Crippen LogP contribution in [-0.4, -0.2) is 18.0 Å². The first-order valence-electron chi connectivity index (χ1n) is 6.67. The van der Waals surface area contributed by atoms with Crippen molar-refractivity contribution in [1.29, 1.82) is 0 Å². The van der Waals surface area contributed by atoms with Gasteiger partial charge >= 0.3 is 0 Å². The number of amides is 1. The summed E-state index contributed by atoms with van der Waals surface area (Å²) in [7, 11) is 1.61. The van der Waals surface area contributed by atoms with Gasteiger partial charge in [-0.3, -0.25) is 4.79 Å². The number of para-hydroxylation sites is 1. The predicted molar refractivity (Wildman–Crippen MR) is 83.6 cm³/mol. The second-order valence-electron chi connectivity index (χ2n) is 4.80. The van der Waals surface area contributed by atoms with Crippen molar-refractivity contribution in [2.75, 3.05) is 7.11 Å². The zero-order valence-corrected chi connectivity index (χ0v) is 13.1. The van der Waals surface area contributed by atoms with Gasteiger partial charge in [-0.25, -0.2) is 4.98 Å². The number of nitrogens with one attached hydrogen (secondary N) is 1. The highest BCUT2D eigenvalue weighted by Crippen LogP contribution is 2.24. The van der Waals surface area contributed by atoms with Gasteiger partial charge in [0, 0.05) is 10.9 Å². The van der Waals surface area contributed by atoms with Crippen LogP contribution in [0.25, 0.3) is 0 Å². The number of carbonyl (C=O) groups excluding carboxylic acids is 1. The third-order valence-electron chi connectivity index (χ3n) is 3.10. The Morgan fingerprint density at radius 3 is 2.71 bits per heavy atom. The average Bonchev–Trinajstić information content (AvgIpc) is 2.97. The van der Waals surface area contributed by atoms with Gasteiger partial charge in [-0.1, -0.05) is 18.2 Å². The molecule has 3 N–H and O–H groups in total. The first-order valence-corrected chi connectivity index (χ1v) is 7.55. The Kier molecular flexibility index (Phi) is 4.93. The van der Waals surface area contributed by atoms with Crippen LogP contribution in [0.1, 0.15) is 47.0 Å². The van der Waals surface area contributed by atoms with E-state index in [0.29, 0.717) is 5.69 Å². The molecule has 0 aliphatic rings. The smallest absolute Gasteiger partial charge is 0.271 e. The molecule has 5 nitrogen and oxygen atoms in total. The van der Waals surface area contributed by atoms with Crippen molar-refractivity contribution in [3.05, 3.63) is 45.9 Å². The Bertz CT molecular complexity index is 625. The van der Waals surface area contributed by atoms with Crippen LogP contribution in [0.5, 0.6) is 5.75 Å². The molecule has 2 aromatic rings. The molecule has 1 heterocycles. The maximum atomic E-state index is 12.2. The number of rotatable bonds is 5. The summed E-state index contributed by atoms with van der Waals surface area (Å²) in [4.78, 5) is 16.5. The average molecular weight is 305 g/mol. The summed E-state index contributed by atoms with van der Waals surface area (Å²) >= 11 is 1.39. The number of hydrogen-bond acceptors (Lipinski definition) is 5. The monoisotopic (exact) mass is 305 g/mol. The molecule has 0 bridgehead atoms. The largest absolute Gasteiger partial charge is 0.496 e. The first kappa shape index (κ1) is 15.5. The summed E-state index contributed by atoms with van der Waals surface area (Å²) in [5.41, 5.74) is 7.08. The van der Waals surface area contributed by atoms with Crippen LogP contribution in [0.3, 0.4) is 0 Å². The van der Waals surface area contributed by atoms with Crippen LogP contribution in [0.15, 0.2) is 29.6 Å². The van der Waals surface area contributed by atoms with E-state index in [0.717, 1.165) is 16.3 Å². The molecule has 0 saturated carbocycles. The van der Waals surface area contributed by atoms with Crippen molar-refractivity contribution in [2.24, 2.45) is 5.73 Å². The molecular weight excluding hydrogens is 286 g/mol. The van der Waals surface area contributed by atoms with Gasteiger partial charge in [-0.2, -0.15) is 0 Å². The van der Waals surface area contributed by atoms with E-state index in [4.69, 9.17) is 10.5 Å². The van der Waals surface area contributed by atoms with Crippen LogP contribution in [-0.2, 0) is 0 Å². The summed E-state index contributed by atoms with van der Waals surface area (Å²) in [5, 5.41) is 5.40. The fourth-order valence-electron chi connectivity index (χ4n) is 1.97. The minimum absolute atomic E-state index is 0.164. The molecule has 0 aliphatic carbocycles. The van der Waals surface area contributed by atoms with E-state index in [1.807, 2.05) is 38.1 Å². The number of methoxy groups -OCH3 is 1. The second-order valence-corrected chi connectivity index (χ2v) is 5.69. The third-order valence-corrected chi connectivity index (χ3v) is 4.14. The number of nitrogens with zero attached hydrogens (tertiary/aromatic N) is 1. The van der Waals surface area contributed by atoms with Gasteiger partial charge in [0.1, 0.15) is 16.5 Å². The topological polar surface area (TPSA) is 77.2 Å². The molecule has 1 amide bonds. The second kappa shape index (κ2) is 6.69. The number of ether oxygens (including phenoxy) is 1. The Hall–Kier alpha value is -1.92. The zero-order valence-electron chi connectivity index (χ0n) is 12.3. The van der Waals surface area contributed by atoms with E-state index < -0.39 is 0 Å². The van der Waals surface area contributed by atoms with E-state index in [2.05, 4.69) is 10.3 Å². The van der Waals surface area contributed by atoms with Gasteiger partial charge in [0.2, 0.25) is 0 Å². The lowest BCUT2D eigenvalue weighted by molar-refractivity contribution is 0.0935. The molecule has 0 aliphatic heterocycles. The highest BCUT2D eigenvalue weighted by Gasteiger charge is 2.17. The highest BCUT2D eigenvalue weighted by atomic mass is 32.1. The normalized spacial score (nSPS) is 13.5. The summed E-state index contributed by atoms with van der Waals surface area (Å²) in [5.74, 6) is 0.538. The Labute approximate surface area is 128 Å². The zero-order chi connectivity index (χ0) is 15.4. The molecule has 2 rings (SSSR count). The molecule has 0 radical (unpaired) electrons. The third kappa shape index (κ3) is 3.59. The predicted octanol–water partition coefficient (Wildman–Crippen LogP) is 2.66. The number of aromatic nitrogens is 1. The molecule has 2 atom stereocenters. The molecule has 1 aromatic carbocycles. The van der Waals surface area contributed by atoms with E-state index in [1.54, 1.807) is 12.5 Å². The van der Waals surface area contributed by atoms with Crippen LogP contribution < -0.4 is 15.8 Å². The van der Waals surface area contributed by atoms with Gasteiger partial charge in [0.25, 0.3) is 5.91 Å². The standard InChI is InChI=1S/C15H19N3O2S/c1-9(16)15-18-12(8-21-15)14(19)17-10(2)11-6-4-5-7-13(11)20-3/h4-10H,16H2,1-3H3,(H,17,19). The number of thiazole rings is 1. The number of carbonyl (C=O) groups is 1. The summed E-state index contributed by atoms with van der Waals surface area (Å²) in [6, 6.07) is 7.27. The van der Waals surface area contributed by atoms with Gasteiger partial charge in [-0.15, -0.1) is 11.3 Å². The summed E-state index contributed by atoms with van der Waals surface area (Å²) < 4.78 is 5.31. The van der Waals surface area contributed by atoms with E-state index in [1.165, 1.54) is 11.3 Å². The van der Waals surface area contributed by atoms with Gasteiger partial charge in [0.15, 0.2) is 0 Å². The SMILES string of the molecule is COc1ccccc1C(C)NC(=O)c1csc(C(C)N)n1. The fraction of sp³-hybridized carbons (Fsp3) is 0.333.